The van der Waals surface area contributed by atoms with Gasteiger partial charge in [0.15, 0.2) is 0 Å². The van der Waals surface area contributed by atoms with Gasteiger partial charge in [0.25, 0.3) is 0 Å². The van der Waals surface area contributed by atoms with E-state index in [0.717, 1.165) is 37.5 Å². The SMILES string of the molecule is CCCCCCCCCCCCCCCCCCCCCCCC[C@@H](C(=O)O)[C@H](O)CCCCCCCCCCCCCCCCC[C@H]1C[C@H]1CCCCCCCCCCCCCCCC[C@H](OC)[C@@H](C)CCCCCCCCCCCCCCCCCC. The largest absolute Gasteiger partial charge is 0.481 e. The zero-order valence-electron chi connectivity index (χ0n) is 62.0. The number of carboxylic acid groups (broad SMARTS) is 1. The zero-order valence-corrected chi connectivity index (χ0v) is 62.0. The molecule has 4 heteroatoms. The molecule has 0 aromatic heterocycles. The first kappa shape index (κ1) is 86.4. The normalized spacial score (nSPS) is 15.5. The van der Waals surface area contributed by atoms with E-state index in [1.54, 1.807) is 6.42 Å². The highest BCUT2D eigenvalue weighted by atomic mass is 16.5. The van der Waals surface area contributed by atoms with E-state index in [-0.39, 0.29) is 0 Å². The number of unbranched alkanes of at least 4 members (excludes halogenated alkanes) is 63. The maximum absolute atomic E-state index is 12.0. The van der Waals surface area contributed by atoms with Crippen molar-refractivity contribution in [1.82, 2.24) is 0 Å². The van der Waals surface area contributed by atoms with Gasteiger partial charge >= 0.3 is 5.97 Å². The van der Waals surface area contributed by atoms with Crippen molar-refractivity contribution in [3.8, 4) is 0 Å². The summed E-state index contributed by atoms with van der Waals surface area (Å²) in [7, 11) is 1.96. The van der Waals surface area contributed by atoms with Gasteiger partial charge in [-0.05, 0) is 49.9 Å². The van der Waals surface area contributed by atoms with E-state index in [9.17, 15) is 15.0 Å². The van der Waals surface area contributed by atoms with Gasteiger partial charge in [0, 0.05) is 7.11 Å². The number of carbonyl (C=O) groups is 1. The highest BCUT2D eigenvalue weighted by Crippen LogP contribution is 2.46. The number of carboxylic acids is 1. The molecule has 0 aliphatic heterocycles. The van der Waals surface area contributed by atoms with E-state index in [2.05, 4.69) is 20.8 Å². The van der Waals surface area contributed by atoms with E-state index in [0.29, 0.717) is 24.9 Å². The molecule has 0 radical (unpaired) electrons. The third kappa shape index (κ3) is 63.2. The number of methoxy groups -OCH3 is 1. The predicted molar refractivity (Wildman–Crippen MR) is 397 cm³/mol. The number of hydrogen-bond acceptors (Lipinski definition) is 3. The lowest BCUT2D eigenvalue weighted by molar-refractivity contribution is -0.146. The van der Waals surface area contributed by atoms with E-state index in [1.807, 2.05) is 7.11 Å². The molecule has 1 aliphatic rings. The Morgan fingerprint density at radius 2 is 0.506 bits per heavy atom. The van der Waals surface area contributed by atoms with Crippen LogP contribution in [0.4, 0.5) is 0 Å². The van der Waals surface area contributed by atoms with E-state index in [4.69, 9.17) is 4.74 Å². The van der Waals surface area contributed by atoms with Gasteiger partial charge in [0.1, 0.15) is 0 Å². The molecule has 2 N–H and O–H groups in total. The van der Waals surface area contributed by atoms with Crippen molar-refractivity contribution >= 4 is 5.97 Å². The Morgan fingerprint density at radius 3 is 0.742 bits per heavy atom. The molecule has 0 aromatic rings. The average Bonchev–Trinajstić information content (AvgIpc) is 4.32. The summed E-state index contributed by atoms with van der Waals surface area (Å²) in [6.45, 7) is 7.06. The fraction of sp³-hybridized carbons (Fsp3) is 0.988. The van der Waals surface area contributed by atoms with Gasteiger partial charge in [-0.15, -0.1) is 0 Å². The third-order valence-electron chi connectivity index (χ3n) is 22.1. The average molecular weight is 1250 g/mol. The molecule has 89 heavy (non-hydrogen) atoms. The Balaban J connectivity index is 1.76. The van der Waals surface area contributed by atoms with Crippen LogP contribution < -0.4 is 0 Å². The number of hydrogen-bond donors (Lipinski definition) is 2. The van der Waals surface area contributed by atoms with Gasteiger partial charge in [-0.1, -0.05) is 464 Å². The van der Waals surface area contributed by atoms with Crippen LogP contribution in [0.1, 0.15) is 496 Å². The van der Waals surface area contributed by atoms with Crippen LogP contribution in [-0.2, 0) is 9.53 Å². The molecule has 1 fully saturated rings. The predicted octanol–water partition coefficient (Wildman–Crippen LogP) is 29.9. The summed E-state index contributed by atoms with van der Waals surface area (Å²) >= 11 is 0. The first-order valence-corrected chi connectivity index (χ1v) is 42.4. The molecule has 6 atom stereocenters. The molecule has 0 saturated heterocycles. The summed E-state index contributed by atoms with van der Waals surface area (Å²) in [6.07, 6.45) is 102. The highest BCUT2D eigenvalue weighted by Gasteiger charge is 2.35. The Hall–Kier alpha value is -0.610. The summed E-state index contributed by atoms with van der Waals surface area (Å²) in [5.74, 6) is 1.50. The Bertz CT molecular complexity index is 1330. The van der Waals surface area contributed by atoms with Crippen molar-refractivity contribution < 1.29 is 19.7 Å². The number of ether oxygens (including phenoxy) is 1. The Labute approximate surface area is 561 Å². The summed E-state index contributed by atoms with van der Waals surface area (Å²) in [5, 5.41) is 20.6. The van der Waals surface area contributed by atoms with Gasteiger partial charge in [-0.2, -0.15) is 0 Å². The van der Waals surface area contributed by atoms with Crippen molar-refractivity contribution in [2.24, 2.45) is 23.7 Å². The second kappa shape index (κ2) is 71.7. The summed E-state index contributed by atoms with van der Waals surface area (Å²) in [6, 6.07) is 0. The minimum Gasteiger partial charge on any atom is -0.481 e. The Morgan fingerprint density at radius 1 is 0.303 bits per heavy atom. The van der Waals surface area contributed by atoms with Gasteiger partial charge in [0.05, 0.1) is 18.1 Å². The van der Waals surface area contributed by atoms with Crippen LogP contribution >= 0.6 is 0 Å². The fourth-order valence-electron chi connectivity index (χ4n) is 15.4. The second-order valence-corrected chi connectivity index (χ2v) is 30.7. The summed E-state index contributed by atoms with van der Waals surface area (Å²) in [4.78, 5) is 12.0. The molecule has 0 spiro atoms. The van der Waals surface area contributed by atoms with E-state index in [1.165, 1.54) is 430 Å². The first-order chi connectivity index (χ1) is 43.9. The van der Waals surface area contributed by atoms with Gasteiger partial charge in [-0.3, -0.25) is 4.79 Å². The number of rotatable bonds is 79. The summed E-state index contributed by atoms with van der Waals surface area (Å²) in [5.41, 5.74) is 0. The Kier molecular flexibility index (Phi) is 69.6. The molecule has 532 valence electrons. The molecule has 1 rings (SSSR count). The zero-order chi connectivity index (χ0) is 64.1. The highest BCUT2D eigenvalue weighted by molar-refractivity contribution is 5.70. The molecule has 0 aromatic carbocycles. The lowest BCUT2D eigenvalue weighted by Crippen LogP contribution is -2.28. The van der Waals surface area contributed by atoms with Crippen LogP contribution in [0.25, 0.3) is 0 Å². The van der Waals surface area contributed by atoms with Crippen molar-refractivity contribution in [1.29, 1.82) is 0 Å². The number of aliphatic hydroxyl groups is 1. The van der Waals surface area contributed by atoms with Gasteiger partial charge < -0.3 is 14.9 Å². The first-order valence-electron chi connectivity index (χ1n) is 42.4. The molecule has 1 aliphatic carbocycles. The monoisotopic (exact) mass is 1250 g/mol. The quantitative estimate of drug-likeness (QED) is 0.0596. The molecule has 0 bridgehead atoms. The maximum Gasteiger partial charge on any atom is 0.309 e. The molecule has 4 nitrogen and oxygen atoms in total. The summed E-state index contributed by atoms with van der Waals surface area (Å²) < 4.78 is 5.98. The molecular formula is C85H168O4. The molecule has 0 heterocycles. The standard InChI is InChI=1S/C85H168O4/c1-5-7-9-11-13-15-17-19-21-23-24-25-26-27-28-32-39-45-51-57-63-69-75-82(85(87)88)83(86)76-70-64-58-52-46-40-33-29-31-37-43-49-55-61-67-73-80-78-81(80)74-68-62-56-50-44-38-34-35-41-47-53-59-65-71-77-84(89-4)79(3)72-66-60-54-48-42-36-30-22-20-18-16-14-12-10-8-6-2/h79-84,86H,5-78H2,1-4H3,(H,87,88)/t79-,80-,81+,82+,83+,84-/m0/s1. The minimum atomic E-state index is -0.798. The minimum absolute atomic E-state index is 0.470. The third-order valence-corrected chi connectivity index (χ3v) is 22.1. The topological polar surface area (TPSA) is 66.8 Å². The molecule has 0 unspecified atom stereocenters. The molecule has 1 saturated carbocycles. The van der Waals surface area contributed by atoms with Crippen LogP contribution in [0.5, 0.6) is 0 Å². The van der Waals surface area contributed by atoms with Crippen LogP contribution in [0.2, 0.25) is 0 Å². The lowest BCUT2D eigenvalue weighted by Gasteiger charge is -2.22. The second-order valence-electron chi connectivity index (χ2n) is 30.7. The van der Waals surface area contributed by atoms with Gasteiger partial charge in [-0.25, -0.2) is 0 Å². The van der Waals surface area contributed by atoms with Gasteiger partial charge in [0.2, 0.25) is 0 Å². The van der Waals surface area contributed by atoms with Crippen molar-refractivity contribution in [2.45, 2.75) is 508 Å². The molecule has 0 amide bonds. The van der Waals surface area contributed by atoms with E-state index < -0.39 is 18.0 Å². The van der Waals surface area contributed by atoms with E-state index >= 15 is 0 Å². The van der Waals surface area contributed by atoms with Crippen LogP contribution in [0.15, 0.2) is 0 Å². The number of aliphatic carboxylic acids is 1. The maximum atomic E-state index is 12.0. The fourth-order valence-corrected chi connectivity index (χ4v) is 15.4. The van der Waals surface area contributed by atoms with Crippen LogP contribution in [-0.4, -0.2) is 35.5 Å². The van der Waals surface area contributed by atoms with Crippen molar-refractivity contribution in [3.63, 3.8) is 0 Å². The number of aliphatic hydroxyl groups excluding tert-OH is 1. The smallest absolute Gasteiger partial charge is 0.309 e. The van der Waals surface area contributed by atoms with Crippen LogP contribution in [0.3, 0.4) is 0 Å². The van der Waals surface area contributed by atoms with Crippen molar-refractivity contribution in [2.75, 3.05) is 7.11 Å². The lowest BCUT2D eigenvalue weighted by atomic mass is 9.91. The van der Waals surface area contributed by atoms with Crippen LogP contribution in [0, 0.1) is 23.7 Å². The van der Waals surface area contributed by atoms with Crippen molar-refractivity contribution in [3.05, 3.63) is 0 Å². The molecular weight excluding hydrogens is 1080 g/mol.